The maximum atomic E-state index is 9.90. The van der Waals surface area contributed by atoms with E-state index in [2.05, 4.69) is 72.6 Å². The molecular formula is C35H46N2O3. The fourth-order valence-electron chi connectivity index (χ4n) is 6.43. The van der Waals surface area contributed by atoms with Gasteiger partial charge in [-0.25, -0.2) is 0 Å². The Kier molecular flexibility index (Phi) is 9.53. The molecule has 5 rings (SSSR count). The third-order valence-corrected chi connectivity index (χ3v) is 8.68. The fourth-order valence-corrected chi connectivity index (χ4v) is 6.43. The van der Waals surface area contributed by atoms with Crippen molar-refractivity contribution in [3.05, 3.63) is 82.9 Å². The standard InChI is InChI=1S/C35H46N2O3/c1-4-30(20-26-8-14-32(15-9-26)40-25(2)24-37-18-6-5-7-19-37)36-35-23-33(39-3)16-17-34(35)29-11-10-28-22-31(38)13-12-27(28)21-29/h8-9,12-17,22-23,25,29-30,36,38H,4-7,10-11,18-21,24H2,1-3H3. The fraction of sp³-hybridized carbons (Fsp3) is 0.486. The zero-order valence-electron chi connectivity index (χ0n) is 24.5. The van der Waals surface area contributed by atoms with E-state index in [1.165, 1.54) is 60.3 Å². The molecule has 5 heteroatoms. The molecule has 0 bridgehead atoms. The number of likely N-dealkylation sites (tertiary alicyclic amines) is 1. The minimum atomic E-state index is 0.193. The highest BCUT2D eigenvalue weighted by atomic mass is 16.5. The first-order valence-corrected chi connectivity index (χ1v) is 15.2. The van der Waals surface area contributed by atoms with Crippen molar-refractivity contribution in [2.75, 3.05) is 32.1 Å². The summed E-state index contributed by atoms with van der Waals surface area (Å²) in [6.45, 7) is 7.83. The van der Waals surface area contributed by atoms with Crippen molar-refractivity contribution in [1.29, 1.82) is 0 Å². The van der Waals surface area contributed by atoms with Crippen molar-refractivity contribution in [2.24, 2.45) is 0 Å². The predicted octanol–water partition coefficient (Wildman–Crippen LogP) is 7.36. The van der Waals surface area contributed by atoms with Crippen LogP contribution in [0.25, 0.3) is 0 Å². The zero-order valence-corrected chi connectivity index (χ0v) is 24.5. The lowest BCUT2D eigenvalue weighted by Crippen LogP contribution is -2.37. The maximum Gasteiger partial charge on any atom is 0.120 e. The van der Waals surface area contributed by atoms with Crippen LogP contribution in [-0.4, -0.2) is 48.9 Å². The topological polar surface area (TPSA) is 54.0 Å². The van der Waals surface area contributed by atoms with Gasteiger partial charge in [-0.3, -0.25) is 4.90 Å². The molecule has 1 aliphatic carbocycles. The maximum absolute atomic E-state index is 9.90. The summed E-state index contributed by atoms with van der Waals surface area (Å²) in [7, 11) is 1.73. The van der Waals surface area contributed by atoms with Crippen LogP contribution >= 0.6 is 0 Å². The van der Waals surface area contributed by atoms with Crippen molar-refractivity contribution < 1.29 is 14.6 Å². The smallest absolute Gasteiger partial charge is 0.120 e. The van der Waals surface area contributed by atoms with Crippen LogP contribution in [0.1, 0.15) is 74.1 Å². The Morgan fingerprint density at radius 3 is 2.48 bits per heavy atom. The second kappa shape index (κ2) is 13.5. The average molecular weight is 543 g/mol. The summed E-state index contributed by atoms with van der Waals surface area (Å²) in [6, 6.07) is 21.3. The van der Waals surface area contributed by atoms with Crippen molar-refractivity contribution in [3.63, 3.8) is 0 Å². The van der Waals surface area contributed by atoms with Gasteiger partial charge < -0.3 is 19.9 Å². The SMILES string of the molecule is CCC(Cc1ccc(OC(C)CN2CCCCC2)cc1)Nc1cc(OC)ccc1C1CCc2cc(O)ccc2C1. The summed E-state index contributed by atoms with van der Waals surface area (Å²) < 4.78 is 11.9. The quantitative estimate of drug-likeness (QED) is 0.265. The summed E-state index contributed by atoms with van der Waals surface area (Å²) in [4.78, 5) is 2.53. The number of aryl methyl sites for hydroxylation is 1. The lowest BCUT2D eigenvalue weighted by molar-refractivity contribution is 0.130. The van der Waals surface area contributed by atoms with Crippen molar-refractivity contribution in [1.82, 2.24) is 4.90 Å². The van der Waals surface area contributed by atoms with Crippen LogP contribution in [0, 0.1) is 0 Å². The molecule has 0 saturated carbocycles. The molecule has 1 fully saturated rings. The Hall–Kier alpha value is -3.18. The molecule has 3 aromatic rings. The van der Waals surface area contributed by atoms with Gasteiger partial charge >= 0.3 is 0 Å². The molecular weight excluding hydrogens is 496 g/mol. The van der Waals surface area contributed by atoms with Gasteiger partial charge in [0.2, 0.25) is 0 Å². The molecule has 1 saturated heterocycles. The summed E-state index contributed by atoms with van der Waals surface area (Å²) in [6.07, 6.45) is 9.20. The Bertz CT molecular complexity index is 1240. The number of methoxy groups -OCH3 is 1. The van der Waals surface area contributed by atoms with Crippen LogP contribution in [0.3, 0.4) is 0 Å². The first-order chi connectivity index (χ1) is 19.5. The van der Waals surface area contributed by atoms with E-state index in [1.807, 2.05) is 12.1 Å². The normalized spacial score (nSPS) is 18.9. The van der Waals surface area contributed by atoms with E-state index in [-0.39, 0.29) is 6.10 Å². The number of nitrogens with zero attached hydrogens (tertiary/aromatic N) is 1. The van der Waals surface area contributed by atoms with Crippen LogP contribution in [0.5, 0.6) is 17.2 Å². The number of benzene rings is 3. The number of hydrogen-bond acceptors (Lipinski definition) is 5. The van der Waals surface area contributed by atoms with E-state index in [9.17, 15) is 5.11 Å². The number of fused-ring (bicyclic) bond motifs is 1. The molecule has 2 N–H and O–H groups in total. The molecule has 0 aromatic heterocycles. The number of nitrogens with one attached hydrogen (secondary N) is 1. The van der Waals surface area contributed by atoms with Gasteiger partial charge in [-0.05, 0) is 123 Å². The van der Waals surface area contributed by atoms with Crippen LogP contribution in [0.2, 0.25) is 0 Å². The van der Waals surface area contributed by atoms with Crippen LogP contribution in [0.4, 0.5) is 5.69 Å². The Labute approximate surface area is 240 Å². The highest BCUT2D eigenvalue weighted by molar-refractivity contribution is 5.58. The number of aromatic hydroxyl groups is 1. The minimum Gasteiger partial charge on any atom is -0.508 e. The second-order valence-corrected chi connectivity index (χ2v) is 11.7. The van der Waals surface area contributed by atoms with Gasteiger partial charge in [0.1, 0.15) is 23.4 Å². The summed E-state index contributed by atoms with van der Waals surface area (Å²) >= 11 is 0. The van der Waals surface area contributed by atoms with Crippen molar-refractivity contribution >= 4 is 5.69 Å². The van der Waals surface area contributed by atoms with Gasteiger partial charge in [-0.2, -0.15) is 0 Å². The minimum absolute atomic E-state index is 0.193. The molecule has 1 heterocycles. The highest BCUT2D eigenvalue weighted by Gasteiger charge is 2.24. The largest absolute Gasteiger partial charge is 0.508 e. The third kappa shape index (κ3) is 7.31. The van der Waals surface area contributed by atoms with E-state index in [4.69, 9.17) is 9.47 Å². The van der Waals surface area contributed by atoms with E-state index in [0.29, 0.717) is 17.7 Å². The average Bonchev–Trinajstić information content (AvgIpc) is 2.98. The first kappa shape index (κ1) is 28.4. The number of rotatable bonds is 11. The lowest BCUT2D eigenvalue weighted by Gasteiger charge is -2.29. The molecule has 2 aliphatic rings. The number of ether oxygens (including phenoxy) is 2. The Balaban J connectivity index is 1.23. The molecule has 0 spiro atoms. The molecule has 0 radical (unpaired) electrons. The number of phenolic OH excluding ortho intramolecular Hbond substituents is 1. The van der Waals surface area contributed by atoms with E-state index in [1.54, 1.807) is 7.11 Å². The van der Waals surface area contributed by atoms with E-state index in [0.717, 1.165) is 50.1 Å². The van der Waals surface area contributed by atoms with Gasteiger partial charge in [0.05, 0.1) is 7.11 Å². The summed E-state index contributed by atoms with van der Waals surface area (Å²) in [5.74, 6) is 2.63. The molecule has 5 nitrogen and oxygen atoms in total. The monoisotopic (exact) mass is 542 g/mol. The van der Waals surface area contributed by atoms with Gasteiger partial charge in [0.15, 0.2) is 0 Å². The molecule has 40 heavy (non-hydrogen) atoms. The van der Waals surface area contributed by atoms with E-state index < -0.39 is 0 Å². The third-order valence-electron chi connectivity index (χ3n) is 8.68. The first-order valence-electron chi connectivity index (χ1n) is 15.2. The molecule has 3 unspecified atom stereocenters. The molecule has 214 valence electrons. The van der Waals surface area contributed by atoms with Gasteiger partial charge in [0.25, 0.3) is 0 Å². The summed E-state index contributed by atoms with van der Waals surface area (Å²) in [5.41, 5.74) is 6.45. The van der Waals surface area contributed by atoms with E-state index >= 15 is 0 Å². The second-order valence-electron chi connectivity index (χ2n) is 11.7. The molecule has 3 atom stereocenters. The number of phenols is 1. The van der Waals surface area contributed by atoms with Crippen LogP contribution < -0.4 is 14.8 Å². The van der Waals surface area contributed by atoms with Crippen LogP contribution in [-0.2, 0) is 19.3 Å². The zero-order chi connectivity index (χ0) is 27.9. The highest BCUT2D eigenvalue weighted by Crippen LogP contribution is 2.39. The molecule has 1 aliphatic heterocycles. The lowest BCUT2D eigenvalue weighted by atomic mass is 9.79. The number of piperidine rings is 1. The van der Waals surface area contributed by atoms with Gasteiger partial charge in [0, 0.05) is 24.3 Å². The van der Waals surface area contributed by atoms with Gasteiger partial charge in [-0.1, -0.05) is 37.6 Å². The Morgan fingerprint density at radius 2 is 1.73 bits per heavy atom. The number of hydrogen-bond donors (Lipinski definition) is 2. The summed E-state index contributed by atoms with van der Waals surface area (Å²) in [5, 5.41) is 13.8. The van der Waals surface area contributed by atoms with Crippen molar-refractivity contribution in [2.45, 2.75) is 83.3 Å². The van der Waals surface area contributed by atoms with Crippen LogP contribution in [0.15, 0.2) is 60.7 Å². The van der Waals surface area contributed by atoms with Crippen molar-refractivity contribution in [3.8, 4) is 17.2 Å². The predicted molar refractivity (Wildman–Crippen MR) is 164 cm³/mol. The molecule has 0 amide bonds. The molecule has 3 aromatic carbocycles. The van der Waals surface area contributed by atoms with Gasteiger partial charge in [-0.15, -0.1) is 0 Å². The Morgan fingerprint density at radius 1 is 0.950 bits per heavy atom. The number of anilines is 1.